The number of hydrogen-bond acceptors (Lipinski definition) is 4. The first-order chi connectivity index (χ1) is 8.06. The largest absolute Gasteiger partial charge is 0.325 e. The smallest absolute Gasteiger partial charge is 0.240 e. The van der Waals surface area contributed by atoms with Gasteiger partial charge in [0.25, 0.3) is 0 Å². The third-order valence-corrected chi connectivity index (χ3v) is 3.37. The normalized spacial score (nSPS) is 14.9. The van der Waals surface area contributed by atoms with Crippen molar-refractivity contribution in [1.29, 1.82) is 0 Å². The number of anilines is 2. The summed E-state index contributed by atoms with van der Waals surface area (Å²) in [5, 5.41) is 5.44. The number of hydrogen-bond donors (Lipinski definition) is 3. The van der Waals surface area contributed by atoms with Gasteiger partial charge in [-0.2, -0.15) is 0 Å². The minimum atomic E-state index is -0.560. The van der Waals surface area contributed by atoms with Crippen LogP contribution in [0.15, 0.2) is 23.1 Å². The van der Waals surface area contributed by atoms with Crippen molar-refractivity contribution in [3.05, 3.63) is 18.2 Å². The summed E-state index contributed by atoms with van der Waals surface area (Å²) in [5.74, 6) is 0.149. The van der Waals surface area contributed by atoms with Crippen LogP contribution in [0, 0.1) is 0 Å². The van der Waals surface area contributed by atoms with Crippen molar-refractivity contribution in [1.82, 2.24) is 0 Å². The van der Waals surface area contributed by atoms with Gasteiger partial charge in [-0.3, -0.25) is 9.59 Å². The highest BCUT2D eigenvalue weighted by molar-refractivity contribution is 8.00. The van der Waals surface area contributed by atoms with Crippen molar-refractivity contribution < 1.29 is 9.59 Å². The SMILES string of the molecule is C[C@H](N)C(=O)Nc1ccc2c(c1)NC(=O)CS2.Cl. The lowest BCUT2D eigenvalue weighted by molar-refractivity contribution is -0.117. The summed E-state index contributed by atoms with van der Waals surface area (Å²) in [6.07, 6.45) is 0. The van der Waals surface area contributed by atoms with Crippen LogP contribution in [0.2, 0.25) is 0 Å². The van der Waals surface area contributed by atoms with Crippen molar-refractivity contribution in [3.63, 3.8) is 0 Å². The first-order valence-corrected chi connectivity index (χ1v) is 6.18. The monoisotopic (exact) mass is 287 g/mol. The Morgan fingerprint density at radius 1 is 1.56 bits per heavy atom. The molecule has 1 aliphatic heterocycles. The maximum absolute atomic E-state index is 11.4. The fraction of sp³-hybridized carbons (Fsp3) is 0.273. The fourth-order valence-electron chi connectivity index (χ4n) is 1.42. The summed E-state index contributed by atoms with van der Waals surface area (Å²) in [4.78, 5) is 23.6. The first kappa shape index (κ1) is 14.8. The van der Waals surface area contributed by atoms with E-state index in [1.165, 1.54) is 11.8 Å². The number of nitrogens with one attached hydrogen (secondary N) is 2. The Hall–Kier alpha value is -1.24. The van der Waals surface area contributed by atoms with Crippen LogP contribution in [-0.4, -0.2) is 23.6 Å². The number of fused-ring (bicyclic) bond motifs is 1. The predicted molar refractivity (Wildman–Crippen MR) is 75.3 cm³/mol. The van der Waals surface area contributed by atoms with Gasteiger partial charge in [0.05, 0.1) is 17.5 Å². The highest BCUT2D eigenvalue weighted by Crippen LogP contribution is 2.33. The Kier molecular flexibility index (Phi) is 5.01. The quantitative estimate of drug-likeness (QED) is 0.768. The van der Waals surface area contributed by atoms with E-state index < -0.39 is 6.04 Å². The van der Waals surface area contributed by atoms with Crippen molar-refractivity contribution in [2.45, 2.75) is 17.9 Å². The second-order valence-electron chi connectivity index (χ2n) is 3.83. The molecule has 0 saturated carbocycles. The number of halogens is 1. The van der Waals surface area contributed by atoms with E-state index in [0.717, 1.165) is 10.6 Å². The molecule has 1 atom stereocenters. The highest BCUT2D eigenvalue weighted by atomic mass is 35.5. The van der Waals surface area contributed by atoms with E-state index in [0.29, 0.717) is 11.4 Å². The standard InChI is InChI=1S/C11H13N3O2S.ClH/c1-6(12)11(16)13-7-2-3-9-8(4-7)14-10(15)5-17-9;/h2-4,6H,5,12H2,1H3,(H,13,16)(H,14,15);1H/t6-;/m0./s1. The van der Waals surface area contributed by atoms with Crippen LogP contribution in [-0.2, 0) is 9.59 Å². The molecular formula is C11H14ClN3O2S. The third kappa shape index (κ3) is 3.38. The number of nitrogens with two attached hydrogens (primary N) is 1. The Labute approximate surface area is 115 Å². The van der Waals surface area contributed by atoms with Crippen LogP contribution in [0.5, 0.6) is 0 Å². The number of rotatable bonds is 2. The molecule has 2 amide bonds. The molecule has 2 rings (SSSR count). The van der Waals surface area contributed by atoms with E-state index in [1.807, 2.05) is 6.07 Å². The van der Waals surface area contributed by atoms with E-state index in [-0.39, 0.29) is 24.2 Å². The van der Waals surface area contributed by atoms with Gasteiger partial charge in [-0.05, 0) is 25.1 Å². The van der Waals surface area contributed by atoms with Crippen LogP contribution in [0.4, 0.5) is 11.4 Å². The molecule has 1 aliphatic rings. The van der Waals surface area contributed by atoms with E-state index in [4.69, 9.17) is 5.73 Å². The lowest BCUT2D eigenvalue weighted by Crippen LogP contribution is -2.32. The van der Waals surface area contributed by atoms with Gasteiger partial charge >= 0.3 is 0 Å². The average Bonchev–Trinajstić information content (AvgIpc) is 2.28. The number of benzene rings is 1. The molecule has 1 heterocycles. The van der Waals surface area contributed by atoms with Crippen LogP contribution >= 0.6 is 24.2 Å². The third-order valence-electron chi connectivity index (χ3n) is 2.29. The minimum absolute atomic E-state index is 0. The van der Waals surface area contributed by atoms with Crippen LogP contribution in [0.25, 0.3) is 0 Å². The topological polar surface area (TPSA) is 84.2 Å². The molecule has 0 spiro atoms. The molecule has 1 aromatic rings. The number of amides is 2. The van der Waals surface area contributed by atoms with Crippen molar-refractivity contribution in [2.75, 3.05) is 16.4 Å². The minimum Gasteiger partial charge on any atom is -0.325 e. The number of thioether (sulfide) groups is 1. The predicted octanol–water partition coefficient (Wildman–Crippen LogP) is 1.44. The summed E-state index contributed by atoms with van der Waals surface area (Å²) in [5.41, 5.74) is 6.82. The number of carbonyl (C=O) groups is 2. The molecular weight excluding hydrogens is 274 g/mol. The summed E-state index contributed by atoms with van der Waals surface area (Å²) in [6.45, 7) is 1.62. The van der Waals surface area contributed by atoms with Gasteiger partial charge in [-0.1, -0.05) is 0 Å². The zero-order valence-corrected chi connectivity index (χ0v) is 11.4. The summed E-state index contributed by atoms with van der Waals surface area (Å²) in [6, 6.07) is 4.84. The molecule has 18 heavy (non-hydrogen) atoms. The fourth-order valence-corrected chi connectivity index (χ4v) is 2.21. The molecule has 4 N–H and O–H groups in total. The second-order valence-corrected chi connectivity index (χ2v) is 4.84. The van der Waals surface area contributed by atoms with E-state index in [1.54, 1.807) is 19.1 Å². The summed E-state index contributed by atoms with van der Waals surface area (Å²) >= 11 is 1.48. The molecule has 98 valence electrons. The summed E-state index contributed by atoms with van der Waals surface area (Å²) < 4.78 is 0. The lowest BCUT2D eigenvalue weighted by atomic mass is 10.2. The average molecular weight is 288 g/mol. The van der Waals surface area contributed by atoms with Crippen molar-refractivity contribution >= 4 is 47.4 Å². The first-order valence-electron chi connectivity index (χ1n) is 5.19. The Balaban J connectivity index is 0.00000162. The maximum atomic E-state index is 11.4. The zero-order valence-electron chi connectivity index (χ0n) is 9.73. The molecule has 0 fully saturated rings. The lowest BCUT2D eigenvalue weighted by Gasteiger charge is -2.17. The van der Waals surface area contributed by atoms with Gasteiger partial charge in [0.15, 0.2) is 0 Å². The second kappa shape index (κ2) is 6.08. The molecule has 0 saturated heterocycles. The van der Waals surface area contributed by atoms with Crippen molar-refractivity contribution in [2.24, 2.45) is 5.73 Å². The van der Waals surface area contributed by atoms with Crippen molar-refractivity contribution in [3.8, 4) is 0 Å². The van der Waals surface area contributed by atoms with Crippen LogP contribution in [0.3, 0.4) is 0 Å². The molecule has 1 aromatic carbocycles. The van der Waals surface area contributed by atoms with Crippen LogP contribution in [0.1, 0.15) is 6.92 Å². The Morgan fingerprint density at radius 2 is 2.28 bits per heavy atom. The molecule has 0 unspecified atom stereocenters. The van der Waals surface area contributed by atoms with E-state index >= 15 is 0 Å². The zero-order chi connectivity index (χ0) is 12.4. The summed E-state index contributed by atoms with van der Waals surface area (Å²) in [7, 11) is 0. The Morgan fingerprint density at radius 3 is 2.94 bits per heavy atom. The molecule has 0 bridgehead atoms. The van der Waals surface area contributed by atoms with Gasteiger partial charge in [0, 0.05) is 10.6 Å². The number of carbonyl (C=O) groups excluding carboxylic acids is 2. The van der Waals surface area contributed by atoms with Gasteiger partial charge in [-0.15, -0.1) is 24.2 Å². The van der Waals surface area contributed by atoms with Crippen LogP contribution < -0.4 is 16.4 Å². The highest BCUT2D eigenvalue weighted by Gasteiger charge is 2.16. The maximum Gasteiger partial charge on any atom is 0.240 e. The Bertz CT molecular complexity index is 479. The van der Waals surface area contributed by atoms with Gasteiger partial charge in [-0.25, -0.2) is 0 Å². The molecule has 5 nitrogen and oxygen atoms in total. The van der Waals surface area contributed by atoms with Gasteiger partial charge < -0.3 is 16.4 Å². The molecule has 7 heteroatoms. The molecule has 0 aromatic heterocycles. The van der Waals surface area contributed by atoms with Gasteiger partial charge in [0.1, 0.15) is 0 Å². The molecule has 0 aliphatic carbocycles. The molecule has 0 radical (unpaired) electrons. The van der Waals surface area contributed by atoms with E-state index in [9.17, 15) is 9.59 Å². The van der Waals surface area contributed by atoms with E-state index in [2.05, 4.69) is 10.6 Å². The van der Waals surface area contributed by atoms with Gasteiger partial charge in [0.2, 0.25) is 11.8 Å².